The third kappa shape index (κ3) is 5.68. The molecule has 1 amide bonds. The predicted octanol–water partition coefficient (Wildman–Crippen LogP) is 1.85. The van der Waals surface area contributed by atoms with Gasteiger partial charge in [-0.3, -0.25) is 0 Å². The maximum absolute atomic E-state index is 11.3. The molecule has 5 heteroatoms. The molecule has 0 radical (unpaired) electrons. The Morgan fingerprint density at radius 3 is 2.74 bits per heavy atom. The average Bonchev–Trinajstić information content (AvgIpc) is 2.27. The van der Waals surface area contributed by atoms with Crippen molar-refractivity contribution < 1.29 is 14.6 Å². The zero-order valence-electron chi connectivity index (χ0n) is 11.3. The van der Waals surface area contributed by atoms with Crippen LogP contribution in [0.25, 0.3) is 0 Å². The molecule has 0 aromatic heterocycles. The third-order valence-electron chi connectivity index (χ3n) is 1.98. The summed E-state index contributed by atoms with van der Waals surface area (Å²) in [6.07, 6.45) is -0.507. The number of hydrogen-bond donors (Lipinski definition) is 3. The first-order valence-electron chi connectivity index (χ1n) is 5.82. The van der Waals surface area contributed by atoms with E-state index in [0.717, 1.165) is 0 Å². The number of hydrogen-bond acceptors (Lipinski definition) is 4. The quantitative estimate of drug-likeness (QED) is 0.409. The van der Waals surface area contributed by atoms with E-state index in [1.807, 2.05) is 0 Å². The summed E-state index contributed by atoms with van der Waals surface area (Å²) < 4.78 is 5.05. The van der Waals surface area contributed by atoms with E-state index in [4.69, 9.17) is 10.5 Å². The fourth-order valence-corrected chi connectivity index (χ4v) is 1.21. The van der Waals surface area contributed by atoms with Gasteiger partial charge in [0.2, 0.25) is 0 Å². The van der Waals surface area contributed by atoms with Crippen LogP contribution in [0.3, 0.4) is 0 Å². The van der Waals surface area contributed by atoms with Crippen LogP contribution < -0.4 is 11.1 Å². The molecule has 1 aromatic carbocycles. The number of carbonyl (C=O) groups excluding carboxylic acids is 1. The fourth-order valence-electron chi connectivity index (χ4n) is 1.21. The number of benzene rings is 1. The monoisotopic (exact) mass is 262 g/mol. The van der Waals surface area contributed by atoms with Gasteiger partial charge in [-0.1, -0.05) is 11.8 Å². The second-order valence-corrected chi connectivity index (χ2v) is 4.93. The summed E-state index contributed by atoms with van der Waals surface area (Å²) in [6, 6.07) is 4.68. The highest BCUT2D eigenvalue weighted by atomic mass is 16.6. The van der Waals surface area contributed by atoms with E-state index in [1.54, 1.807) is 32.9 Å². The van der Waals surface area contributed by atoms with E-state index in [9.17, 15) is 9.90 Å². The summed E-state index contributed by atoms with van der Waals surface area (Å²) in [6.45, 7) is 5.54. The summed E-state index contributed by atoms with van der Waals surface area (Å²) >= 11 is 0. The SMILES string of the molecule is CC(C)(C)OC(=O)NCC#Cc1ccc(O)c(N)c1. The van der Waals surface area contributed by atoms with Crippen molar-refractivity contribution in [1.82, 2.24) is 5.32 Å². The number of nitrogens with one attached hydrogen (secondary N) is 1. The van der Waals surface area contributed by atoms with E-state index in [2.05, 4.69) is 17.2 Å². The van der Waals surface area contributed by atoms with Gasteiger partial charge in [0.1, 0.15) is 11.4 Å². The lowest BCUT2D eigenvalue weighted by atomic mass is 10.2. The average molecular weight is 262 g/mol. The Hall–Kier alpha value is -2.35. The summed E-state index contributed by atoms with van der Waals surface area (Å²) in [5.41, 5.74) is 5.95. The van der Waals surface area contributed by atoms with Gasteiger partial charge in [-0.15, -0.1) is 0 Å². The van der Waals surface area contributed by atoms with Crippen LogP contribution in [0.15, 0.2) is 18.2 Å². The lowest BCUT2D eigenvalue weighted by molar-refractivity contribution is 0.0535. The van der Waals surface area contributed by atoms with Crippen molar-refractivity contribution in [3.8, 4) is 17.6 Å². The van der Waals surface area contributed by atoms with Crippen LogP contribution >= 0.6 is 0 Å². The molecule has 0 heterocycles. The Labute approximate surface area is 112 Å². The molecule has 5 nitrogen and oxygen atoms in total. The van der Waals surface area contributed by atoms with Crippen molar-refractivity contribution >= 4 is 11.8 Å². The van der Waals surface area contributed by atoms with E-state index in [0.29, 0.717) is 5.56 Å². The molecule has 4 N–H and O–H groups in total. The number of aromatic hydroxyl groups is 1. The summed E-state index contributed by atoms with van der Waals surface area (Å²) in [4.78, 5) is 11.3. The Balaban J connectivity index is 2.47. The van der Waals surface area contributed by atoms with Gasteiger partial charge >= 0.3 is 6.09 Å². The highest BCUT2D eigenvalue weighted by Gasteiger charge is 2.14. The van der Waals surface area contributed by atoms with Gasteiger partial charge in [-0.05, 0) is 39.0 Å². The molecule has 0 saturated carbocycles. The number of amides is 1. The maximum atomic E-state index is 11.3. The lowest BCUT2D eigenvalue weighted by Gasteiger charge is -2.18. The number of nitrogens with two attached hydrogens (primary N) is 1. The Morgan fingerprint density at radius 2 is 2.16 bits per heavy atom. The van der Waals surface area contributed by atoms with Crippen LogP contribution in [-0.2, 0) is 4.74 Å². The second kappa shape index (κ2) is 6.01. The molecular formula is C14H18N2O3. The molecule has 0 unspecified atom stereocenters. The molecule has 0 bridgehead atoms. The topological polar surface area (TPSA) is 84.6 Å². The summed E-state index contributed by atoms with van der Waals surface area (Å²) in [5.74, 6) is 5.61. The predicted molar refractivity (Wildman–Crippen MR) is 73.6 cm³/mol. The standard InChI is InChI=1S/C14H18N2O3/c1-14(2,3)19-13(18)16-8-4-5-10-6-7-12(17)11(15)9-10/h6-7,9,17H,8,15H2,1-3H3,(H,16,18). The third-order valence-corrected chi connectivity index (χ3v) is 1.98. The molecule has 19 heavy (non-hydrogen) atoms. The van der Waals surface area contributed by atoms with Crippen molar-refractivity contribution in [2.45, 2.75) is 26.4 Å². The highest BCUT2D eigenvalue weighted by Crippen LogP contribution is 2.19. The number of rotatable bonds is 1. The van der Waals surface area contributed by atoms with E-state index in [-0.39, 0.29) is 18.0 Å². The molecule has 0 atom stereocenters. The fraction of sp³-hybridized carbons (Fsp3) is 0.357. The molecule has 0 fully saturated rings. The van der Waals surface area contributed by atoms with Crippen LogP contribution in [0.2, 0.25) is 0 Å². The Kier molecular flexibility index (Phi) is 4.65. The number of anilines is 1. The Morgan fingerprint density at radius 1 is 1.47 bits per heavy atom. The van der Waals surface area contributed by atoms with Crippen molar-refractivity contribution in [2.75, 3.05) is 12.3 Å². The number of ether oxygens (including phenoxy) is 1. The van der Waals surface area contributed by atoms with Crippen molar-refractivity contribution in [1.29, 1.82) is 0 Å². The number of phenolic OH excluding ortho intramolecular Hbond substituents is 1. The normalized spacial score (nSPS) is 10.3. The minimum atomic E-state index is -0.525. The minimum Gasteiger partial charge on any atom is -0.506 e. The minimum absolute atomic E-state index is 0.0254. The molecular weight excluding hydrogens is 244 g/mol. The molecule has 0 aliphatic rings. The molecule has 0 aliphatic carbocycles. The zero-order chi connectivity index (χ0) is 14.5. The van der Waals surface area contributed by atoms with Crippen LogP contribution in [0.1, 0.15) is 26.3 Å². The van der Waals surface area contributed by atoms with Crippen molar-refractivity contribution in [3.05, 3.63) is 23.8 Å². The van der Waals surface area contributed by atoms with Crippen LogP contribution in [0, 0.1) is 11.8 Å². The largest absolute Gasteiger partial charge is 0.506 e. The number of phenols is 1. The molecule has 1 rings (SSSR count). The first kappa shape index (κ1) is 14.7. The molecule has 0 aliphatic heterocycles. The van der Waals surface area contributed by atoms with Crippen molar-refractivity contribution in [2.24, 2.45) is 0 Å². The summed E-state index contributed by atoms with van der Waals surface area (Å²) in [5, 5.41) is 11.8. The molecule has 102 valence electrons. The smallest absolute Gasteiger partial charge is 0.408 e. The highest BCUT2D eigenvalue weighted by molar-refractivity contribution is 5.68. The van der Waals surface area contributed by atoms with Gasteiger partial charge in [-0.25, -0.2) is 4.79 Å². The van der Waals surface area contributed by atoms with Gasteiger partial charge in [0, 0.05) is 5.56 Å². The van der Waals surface area contributed by atoms with E-state index >= 15 is 0 Å². The first-order chi connectivity index (χ1) is 8.78. The first-order valence-corrected chi connectivity index (χ1v) is 5.82. The van der Waals surface area contributed by atoms with Crippen molar-refractivity contribution in [3.63, 3.8) is 0 Å². The van der Waals surface area contributed by atoms with Gasteiger partial charge in [0.15, 0.2) is 0 Å². The van der Waals surface area contributed by atoms with Gasteiger partial charge in [-0.2, -0.15) is 0 Å². The van der Waals surface area contributed by atoms with E-state index in [1.165, 1.54) is 6.07 Å². The van der Waals surface area contributed by atoms with Gasteiger partial charge in [0.25, 0.3) is 0 Å². The number of nitrogen functional groups attached to an aromatic ring is 1. The van der Waals surface area contributed by atoms with Crippen LogP contribution in [0.4, 0.5) is 10.5 Å². The maximum Gasteiger partial charge on any atom is 0.408 e. The Bertz CT molecular complexity index is 522. The summed E-state index contributed by atoms with van der Waals surface area (Å²) in [7, 11) is 0. The number of alkyl carbamates (subject to hydrolysis) is 1. The van der Waals surface area contributed by atoms with Gasteiger partial charge < -0.3 is 20.9 Å². The van der Waals surface area contributed by atoms with Crippen LogP contribution in [0.5, 0.6) is 5.75 Å². The molecule has 0 spiro atoms. The number of carbonyl (C=O) groups is 1. The van der Waals surface area contributed by atoms with Gasteiger partial charge in [0.05, 0.1) is 12.2 Å². The van der Waals surface area contributed by atoms with E-state index < -0.39 is 11.7 Å². The zero-order valence-corrected chi connectivity index (χ0v) is 11.3. The lowest BCUT2D eigenvalue weighted by Crippen LogP contribution is -2.32. The van der Waals surface area contributed by atoms with Crippen LogP contribution in [-0.4, -0.2) is 23.3 Å². The second-order valence-electron chi connectivity index (χ2n) is 4.93. The molecule has 0 saturated heterocycles. The molecule has 1 aromatic rings.